The fourth-order valence-electron chi connectivity index (χ4n) is 2.78. The number of hydrogen-bond donors (Lipinski definition) is 1. The first kappa shape index (κ1) is 17.3. The summed E-state index contributed by atoms with van der Waals surface area (Å²) in [5.41, 5.74) is 0.882. The Balaban J connectivity index is 1.81. The second kappa shape index (κ2) is 6.41. The van der Waals surface area contributed by atoms with Crippen molar-refractivity contribution in [3.05, 3.63) is 58.6 Å². The van der Waals surface area contributed by atoms with Gasteiger partial charge in [0.25, 0.3) is 17.4 Å². The van der Waals surface area contributed by atoms with Crippen LogP contribution in [0.5, 0.6) is 5.75 Å². The molecule has 0 fully saturated rings. The lowest BCUT2D eigenvalue weighted by Crippen LogP contribution is -2.58. The molecule has 0 aliphatic carbocycles. The van der Waals surface area contributed by atoms with Gasteiger partial charge < -0.3 is 15.0 Å². The normalized spacial score (nSPS) is 18.8. The number of fused-ring (bicyclic) bond motifs is 1. The lowest BCUT2D eigenvalue weighted by Gasteiger charge is -2.36. The average Bonchev–Trinajstić information content (AvgIpc) is 2.57. The van der Waals surface area contributed by atoms with Crippen LogP contribution in [-0.4, -0.2) is 29.4 Å². The molecule has 2 aromatic carbocycles. The van der Waals surface area contributed by atoms with Gasteiger partial charge in [-0.25, -0.2) is 0 Å². The van der Waals surface area contributed by atoms with Crippen LogP contribution in [0.25, 0.3) is 0 Å². The molecule has 0 saturated heterocycles. The van der Waals surface area contributed by atoms with Crippen molar-refractivity contribution in [2.24, 2.45) is 0 Å². The number of ether oxygens (including phenoxy) is 1. The van der Waals surface area contributed by atoms with Crippen molar-refractivity contribution < 1.29 is 14.3 Å². The first-order valence-electron chi connectivity index (χ1n) is 7.91. The number of rotatable bonds is 3. The lowest BCUT2D eigenvalue weighted by atomic mass is 10.00. The number of halogens is 1. The summed E-state index contributed by atoms with van der Waals surface area (Å²) in [5.74, 6) is -0.398. The van der Waals surface area contributed by atoms with Gasteiger partial charge >= 0.3 is 0 Å². The summed E-state index contributed by atoms with van der Waals surface area (Å²) in [7, 11) is 1.64. The average molecular weight is 359 g/mol. The van der Waals surface area contributed by atoms with E-state index in [2.05, 4.69) is 5.32 Å². The Morgan fingerprint density at radius 3 is 2.60 bits per heavy atom. The topological polar surface area (TPSA) is 58.6 Å². The van der Waals surface area contributed by atoms with Gasteiger partial charge in [0.2, 0.25) is 0 Å². The van der Waals surface area contributed by atoms with Gasteiger partial charge in [-0.3, -0.25) is 9.59 Å². The molecule has 1 atom stereocenters. The maximum absolute atomic E-state index is 12.9. The molecule has 0 saturated carbocycles. The highest BCUT2D eigenvalue weighted by Crippen LogP contribution is 2.35. The van der Waals surface area contributed by atoms with Crippen LogP contribution >= 0.6 is 11.6 Å². The number of aryl methyl sites for hydroxylation is 1. The van der Waals surface area contributed by atoms with E-state index in [-0.39, 0.29) is 0 Å². The molecule has 0 spiro atoms. The smallest absolute Gasteiger partial charge is 0.278 e. The van der Waals surface area contributed by atoms with E-state index in [0.29, 0.717) is 23.0 Å². The van der Waals surface area contributed by atoms with E-state index < -0.39 is 17.4 Å². The van der Waals surface area contributed by atoms with Crippen LogP contribution in [0.2, 0.25) is 5.02 Å². The molecule has 6 heteroatoms. The molecule has 3 rings (SSSR count). The number of anilines is 1. The van der Waals surface area contributed by atoms with Gasteiger partial charge in [0, 0.05) is 18.6 Å². The van der Waals surface area contributed by atoms with E-state index in [0.717, 1.165) is 11.1 Å². The van der Waals surface area contributed by atoms with Crippen LogP contribution in [0.1, 0.15) is 18.1 Å². The maximum atomic E-state index is 12.9. The number of carbonyl (C=O) groups excluding carboxylic acids is 2. The van der Waals surface area contributed by atoms with Crippen molar-refractivity contribution in [2.75, 3.05) is 12.4 Å². The third-order valence-corrected chi connectivity index (χ3v) is 4.47. The molecular formula is C19H19ClN2O3. The minimum Gasteiger partial charge on any atom is -0.466 e. The van der Waals surface area contributed by atoms with E-state index in [1.165, 1.54) is 11.8 Å². The van der Waals surface area contributed by atoms with E-state index in [4.69, 9.17) is 16.3 Å². The molecule has 0 aromatic heterocycles. The first-order valence-corrected chi connectivity index (χ1v) is 8.28. The lowest BCUT2D eigenvalue weighted by molar-refractivity contribution is -0.154. The van der Waals surface area contributed by atoms with Gasteiger partial charge in [0.05, 0.1) is 5.69 Å². The Morgan fingerprint density at radius 1 is 1.24 bits per heavy atom. The molecular weight excluding hydrogens is 340 g/mol. The highest BCUT2D eigenvalue weighted by atomic mass is 35.5. The van der Waals surface area contributed by atoms with Crippen molar-refractivity contribution in [1.29, 1.82) is 0 Å². The van der Waals surface area contributed by atoms with Crippen LogP contribution in [-0.2, 0) is 16.1 Å². The van der Waals surface area contributed by atoms with Crippen LogP contribution in [0, 0.1) is 6.92 Å². The van der Waals surface area contributed by atoms with Gasteiger partial charge in [-0.2, -0.15) is 0 Å². The zero-order chi connectivity index (χ0) is 18.2. The van der Waals surface area contributed by atoms with Gasteiger partial charge in [0.1, 0.15) is 5.75 Å². The maximum Gasteiger partial charge on any atom is 0.278 e. The molecule has 1 unspecified atom stereocenters. The second-order valence-corrected chi connectivity index (χ2v) is 6.81. The summed E-state index contributed by atoms with van der Waals surface area (Å²) in [6.45, 7) is 3.76. The standard InChI is InChI=1S/C19H19ClN2O3/c1-12-4-9-16-15(10-12)21-17(23)19(2,25-16)18(24)22(3)11-13-5-7-14(20)8-6-13/h4-10H,11H2,1-3H3,(H,21,23). The minimum absolute atomic E-state index is 0.350. The summed E-state index contributed by atoms with van der Waals surface area (Å²) in [6.07, 6.45) is 0. The molecule has 2 aromatic rings. The molecule has 1 heterocycles. The predicted octanol–water partition coefficient (Wildman–Crippen LogP) is 3.40. The Labute approximate surface area is 151 Å². The summed E-state index contributed by atoms with van der Waals surface area (Å²) in [5, 5.41) is 3.40. The monoisotopic (exact) mass is 358 g/mol. The van der Waals surface area contributed by atoms with E-state index in [1.54, 1.807) is 25.2 Å². The number of nitrogens with one attached hydrogen (secondary N) is 1. The second-order valence-electron chi connectivity index (χ2n) is 6.38. The fraction of sp³-hybridized carbons (Fsp3) is 0.263. The SMILES string of the molecule is Cc1ccc2c(c1)NC(=O)C(C)(C(=O)N(C)Cc1ccc(Cl)cc1)O2. The Bertz CT molecular complexity index is 835. The van der Waals surface area contributed by atoms with E-state index in [9.17, 15) is 9.59 Å². The minimum atomic E-state index is -1.61. The van der Waals surface area contributed by atoms with Crippen molar-refractivity contribution in [1.82, 2.24) is 4.90 Å². The quantitative estimate of drug-likeness (QED) is 0.855. The molecule has 130 valence electrons. The third kappa shape index (κ3) is 3.33. The van der Waals surface area contributed by atoms with Crippen LogP contribution in [0.4, 0.5) is 5.69 Å². The van der Waals surface area contributed by atoms with Gasteiger partial charge in [0.15, 0.2) is 0 Å². The number of amides is 2. The number of benzene rings is 2. The van der Waals surface area contributed by atoms with Gasteiger partial charge in [-0.1, -0.05) is 29.8 Å². The summed E-state index contributed by atoms with van der Waals surface area (Å²) in [4.78, 5) is 26.9. The van der Waals surface area contributed by atoms with Crippen molar-refractivity contribution in [3.63, 3.8) is 0 Å². The van der Waals surface area contributed by atoms with Gasteiger partial charge in [-0.05, 0) is 49.2 Å². The number of nitrogens with zero attached hydrogens (tertiary/aromatic N) is 1. The predicted molar refractivity (Wildman–Crippen MR) is 96.8 cm³/mol. The molecule has 1 N–H and O–H groups in total. The zero-order valence-electron chi connectivity index (χ0n) is 14.3. The molecule has 1 aliphatic heterocycles. The fourth-order valence-corrected chi connectivity index (χ4v) is 2.90. The molecule has 2 amide bonds. The van der Waals surface area contributed by atoms with Crippen molar-refractivity contribution in [3.8, 4) is 5.75 Å². The largest absolute Gasteiger partial charge is 0.466 e. The van der Waals surface area contributed by atoms with Crippen LogP contribution < -0.4 is 10.1 Å². The van der Waals surface area contributed by atoms with E-state index >= 15 is 0 Å². The Hall–Kier alpha value is -2.53. The third-order valence-electron chi connectivity index (χ3n) is 4.22. The Morgan fingerprint density at radius 2 is 1.92 bits per heavy atom. The number of likely N-dealkylation sites (N-methyl/N-ethyl adjacent to an activating group) is 1. The molecule has 0 radical (unpaired) electrons. The Kier molecular flexibility index (Phi) is 4.43. The van der Waals surface area contributed by atoms with E-state index in [1.807, 2.05) is 31.2 Å². The number of carbonyl (C=O) groups is 2. The van der Waals surface area contributed by atoms with Gasteiger partial charge in [-0.15, -0.1) is 0 Å². The molecule has 1 aliphatic rings. The molecule has 25 heavy (non-hydrogen) atoms. The zero-order valence-corrected chi connectivity index (χ0v) is 15.1. The summed E-state index contributed by atoms with van der Waals surface area (Å²) >= 11 is 5.88. The van der Waals surface area contributed by atoms with Crippen molar-refractivity contribution >= 4 is 29.1 Å². The molecule has 5 nitrogen and oxygen atoms in total. The number of hydrogen-bond acceptors (Lipinski definition) is 3. The van der Waals surface area contributed by atoms with Crippen LogP contribution in [0.3, 0.4) is 0 Å². The highest BCUT2D eigenvalue weighted by molar-refractivity contribution is 6.30. The van der Waals surface area contributed by atoms with Crippen LogP contribution in [0.15, 0.2) is 42.5 Å². The first-order chi connectivity index (χ1) is 11.8. The highest BCUT2D eigenvalue weighted by Gasteiger charge is 2.48. The summed E-state index contributed by atoms with van der Waals surface area (Å²) in [6, 6.07) is 12.7. The van der Waals surface area contributed by atoms with Crippen molar-refractivity contribution in [2.45, 2.75) is 26.0 Å². The summed E-state index contributed by atoms with van der Waals surface area (Å²) < 4.78 is 5.80. The molecule has 0 bridgehead atoms.